The largest absolute Gasteiger partial charge is 0.310 e. The summed E-state index contributed by atoms with van der Waals surface area (Å²) in [6, 6.07) is 72.8. The maximum Gasteiger partial charge on any atom is 0.0543 e. The van der Waals surface area contributed by atoms with Crippen molar-refractivity contribution in [2.24, 2.45) is 0 Å². The molecule has 0 saturated heterocycles. The zero-order valence-corrected chi connectivity index (χ0v) is 38.8. The Morgan fingerprint density at radius 1 is 0.462 bits per heavy atom. The van der Waals surface area contributed by atoms with Crippen LogP contribution in [0, 0.1) is 13.8 Å². The van der Waals surface area contributed by atoms with E-state index in [-0.39, 0.29) is 5.41 Å². The van der Waals surface area contributed by atoms with E-state index in [0.717, 1.165) is 30.6 Å². The van der Waals surface area contributed by atoms with E-state index in [2.05, 4.69) is 234 Å². The van der Waals surface area contributed by atoms with Crippen molar-refractivity contribution in [3.63, 3.8) is 0 Å². The van der Waals surface area contributed by atoms with Crippen LogP contribution in [0.2, 0.25) is 0 Å². The number of hydrogen-bond donors (Lipinski definition) is 0. The van der Waals surface area contributed by atoms with E-state index in [1.807, 2.05) is 11.3 Å². The first-order valence-electron chi connectivity index (χ1n) is 23.2. The molecule has 0 unspecified atom stereocenters. The minimum atomic E-state index is -0.0187. The maximum absolute atomic E-state index is 2.49. The maximum atomic E-state index is 2.49. The Morgan fingerprint density at radius 2 is 1.05 bits per heavy atom. The molecule has 1 aliphatic rings. The molecular weight excluding hydrogens is 803 g/mol. The van der Waals surface area contributed by atoms with Gasteiger partial charge in [0.1, 0.15) is 0 Å². The fourth-order valence-corrected chi connectivity index (χ4v) is 11.7. The first-order chi connectivity index (χ1) is 31.8. The summed E-state index contributed by atoms with van der Waals surface area (Å²) in [5.74, 6) is 0. The van der Waals surface area contributed by atoms with E-state index < -0.39 is 0 Å². The molecule has 11 rings (SSSR count). The Morgan fingerprint density at radius 3 is 1.78 bits per heavy atom. The molecule has 10 aromatic rings. The summed E-state index contributed by atoms with van der Waals surface area (Å²) >= 11 is 1.87. The van der Waals surface area contributed by atoms with E-state index in [4.69, 9.17) is 0 Å². The normalized spacial score (nSPS) is 12.7. The van der Waals surface area contributed by atoms with E-state index >= 15 is 0 Å². The van der Waals surface area contributed by atoms with Crippen molar-refractivity contribution in [3.05, 3.63) is 222 Å². The third-order valence-corrected chi connectivity index (χ3v) is 15.2. The molecule has 0 fully saturated rings. The highest BCUT2D eigenvalue weighted by Crippen LogP contribution is 2.51. The molecule has 0 N–H and O–H groups in total. The second-order valence-electron chi connectivity index (χ2n) is 18.4. The number of thiophene rings is 1. The number of hydrogen-bond acceptors (Lipinski definition) is 2. The van der Waals surface area contributed by atoms with Gasteiger partial charge >= 0.3 is 0 Å². The van der Waals surface area contributed by atoms with Gasteiger partial charge in [-0.1, -0.05) is 167 Å². The molecule has 316 valence electrons. The fraction of sp³-hybridized carbons (Fsp3) is 0.143. The van der Waals surface area contributed by atoms with Crippen molar-refractivity contribution >= 4 is 48.6 Å². The van der Waals surface area contributed by atoms with Gasteiger partial charge in [-0.15, -0.1) is 11.3 Å². The highest BCUT2D eigenvalue weighted by molar-refractivity contribution is 7.25. The molecule has 0 saturated carbocycles. The third kappa shape index (κ3) is 7.09. The van der Waals surface area contributed by atoms with Crippen molar-refractivity contribution in [3.8, 4) is 55.6 Å². The topological polar surface area (TPSA) is 3.24 Å². The Hall–Kier alpha value is -7.00. The highest BCUT2D eigenvalue weighted by atomic mass is 32.1. The van der Waals surface area contributed by atoms with E-state index in [1.54, 1.807) is 0 Å². The Labute approximate surface area is 388 Å². The van der Waals surface area contributed by atoms with Gasteiger partial charge in [0.15, 0.2) is 0 Å². The molecule has 0 aliphatic heterocycles. The van der Waals surface area contributed by atoms with Gasteiger partial charge in [0.2, 0.25) is 0 Å². The average Bonchev–Trinajstić information content (AvgIpc) is 3.83. The van der Waals surface area contributed by atoms with Crippen LogP contribution >= 0.6 is 11.3 Å². The zero-order valence-electron chi connectivity index (χ0n) is 38.0. The third-order valence-electron chi connectivity index (χ3n) is 14.1. The van der Waals surface area contributed by atoms with Crippen LogP contribution in [0.5, 0.6) is 0 Å². The van der Waals surface area contributed by atoms with Crippen LogP contribution in [0.4, 0.5) is 17.1 Å². The van der Waals surface area contributed by atoms with Gasteiger partial charge in [-0.25, -0.2) is 0 Å². The molecule has 1 heterocycles. The van der Waals surface area contributed by atoms with Crippen LogP contribution in [0.15, 0.2) is 194 Å². The predicted molar refractivity (Wildman–Crippen MR) is 281 cm³/mol. The van der Waals surface area contributed by atoms with Crippen LogP contribution in [-0.2, 0) is 11.8 Å². The Balaban J connectivity index is 1.07. The number of anilines is 3. The predicted octanol–water partition coefficient (Wildman–Crippen LogP) is 18.5. The SMILES string of the molecule is CCCCc1ccccc1-c1c(N(c2ccc(-c3ccc4c(c3)-c3ccccc3C4(C)C)cc2)c2ccc(-c3ccc4sc5ccccc5c4c3)cc2)ccc(-c2ccccc2C)c1C. The van der Waals surface area contributed by atoms with Crippen LogP contribution in [0.25, 0.3) is 75.8 Å². The first kappa shape index (κ1) is 40.8. The number of nitrogens with zero attached hydrogens (tertiary/aromatic N) is 1. The van der Waals surface area contributed by atoms with E-state index in [0.29, 0.717) is 0 Å². The summed E-state index contributed by atoms with van der Waals surface area (Å²) in [6.07, 6.45) is 3.34. The molecule has 1 aliphatic carbocycles. The summed E-state index contributed by atoms with van der Waals surface area (Å²) < 4.78 is 2.66. The van der Waals surface area contributed by atoms with E-state index in [1.165, 1.54) is 109 Å². The number of unbranched alkanes of at least 4 members (excludes halogenated alkanes) is 1. The molecule has 0 bridgehead atoms. The lowest BCUT2D eigenvalue weighted by Gasteiger charge is -2.30. The van der Waals surface area contributed by atoms with E-state index in [9.17, 15) is 0 Å². The van der Waals surface area contributed by atoms with Gasteiger partial charge in [0, 0.05) is 42.5 Å². The van der Waals surface area contributed by atoms with Gasteiger partial charge < -0.3 is 4.90 Å². The average molecular weight is 856 g/mol. The van der Waals surface area contributed by atoms with Crippen LogP contribution in [-0.4, -0.2) is 0 Å². The number of benzene rings is 9. The van der Waals surface area contributed by atoms with Crippen molar-refractivity contribution < 1.29 is 0 Å². The van der Waals surface area contributed by atoms with Crippen molar-refractivity contribution in [1.29, 1.82) is 0 Å². The van der Waals surface area contributed by atoms with Crippen molar-refractivity contribution in [2.75, 3.05) is 4.90 Å². The van der Waals surface area contributed by atoms with Crippen molar-refractivity contribution in [2.45, 2.75) is 59.3 Å². The molecule has 65 heavy (non-hydrogen) atoms. The summed E-state index contributed by atoms with van der Waals surface area (Å²) in [5.41, 5.74) is 22.9. The Bertz CT molecular complexity index is 3400. The van der Waals surface area contributed by atoms with Crippen molar-refractivity contribution in [1.82, 2.24) is 0 Å². The summed E-state index contributed by atoms with van der Waals surface area (Å²) in [4.78, 5) is 2.49. The monoisotopic (exact) mass is 855 g/mol. The van der Waals surface area contributed by atoms with Gasteiger partial charge in [-0.3, -0.25) is 0 Å². The van der Waals surface area contributed by atoms with Crippen LogP contribution in [0.1, 0.15) is 61.4 Å². The summed E-state index contributed by atoms with van der Waals surface area (Å²) in [7, 11) is 0. The minimum absolute atomic E-state index is 0.0187. The second-order valence-corrected chi connectivity index (χ2v) is 19.5. The summed E-state index contributed by atoms with van der Waals surface area (Å²) in [5, 5.41) is 2.64. The smallest absolute Gasteiger partial charge is 0.0543 e. The van der Waals surface area contributed by atoms with Gasteiger partial charge in [-0.2, -0.15) is 0 Å². The number of fused-ring (bicyclic) bond motifs is 6. The standard InChI is InChI=1S/C63H53NS/c1-6-7-17-45-18-9-11-20-52(45)62-42(3)51(50-19-10-8-16-41(50)2)35-37-59(62)64(49-33-27-44(28-34-49)47-30-38-61-56(40-47)54-22-13-15-24-60(54)65-61)48-31-25-43(26-32-48)46-29-36-58-55(39-46)53-21-12-14-23-57(53)63(58,4)5/h8-16,18-40H,6-7,17H2,1-5H3. The molecule has 2 heteroatoms. The molecule has 0 amide bonds. The van der Waals surface area contributed by atoms with Crippen LogP contribution in [0.3, 0.4) is 0 Å². The molecule has 0 spiro atoms. The molecule has 9 aromatic carbocycles. The second kappa shape index (κ2) is 16.5. The molecule has 1 aromatic heterocycles. The van der Waals surface area contributed by atoms with Crippen LogP contribution < -0.4 is 4.90 Å². The molecule has 1 nitrogen and oxygen atoms in total. The first-order valence-corrected chi connectivity index (χ1v) is 24.0. The number of rotatable bonds is 10. The fourth-order valence-electron chi connectivity index (χ4n) is 10.6. The van der Waals surface area contributed by atoms with Gasteiger partial charge in [0.25, 0.3) is 0 Å². The zero-order chi connectivity index (χ0) is 44.2. The van der Waals surface area contributed by atoms with Gasteiger partial charge in [0.05, 0.1) is 5.69 Å². The quantitative estimate of drug-likeness (QED) is 0.132. The minimum Gasteiger partial charge on any atom is -0.310 e. The molecular formula is C63H53NS. The molecule has 0 atom stereocenters. The lowest BCUT2D eigenvalue weighted by Crippen LogP contribution is -2.14. The summed E-state index contributed by atoms with van der Waals surface area (Å²) in [6.45, 7) is 11.5. The Kier molecular flexibility index (Phi) is 10.4. The molecule has 0 radical (unpaired) electrons. The lowest BCUT2D eigenvalue weighted by atomic mass is 9.82. The highest BCUT2D eigenvalue weighted by Gasteiger charge is 2.35. The lowest BCUT2D eigenvalue weighted by molar-refractivity contribution is 0.660. The van der Waals surface area contributed by atoms with Gasteiger partial charge in [-0.05, 0) is 159 Å². The number of aryl methyl sites for hydroxylation is 2.